The molecule has 1 heterocycles. The van der Waals surface area contributed by atoms with Crippen molar-refractivity contribution in [1.82, 2.24) is 9.80 Å². The fourth-order valence-corrected chi connectivity index (χ4v) is 2.93. The Morgan fingerprint density at radius 2 is 1.94 bits per heavy atom. The van der Waals surface area contributed by atoms with Crippen LogP contribution in [-0.2, 0) is 0 Å². The van der Waals surface area contributed by atoms with Gasteiger partial charge in [-0.25, -0.2) is 0 Å². The number of nitrogens with zero attached hydrogens (tertiary/aromatic N) is 2. The number of rotatable bonds is 5. The molecular weight excluding hydrogens is 222 g/mol. The molecule has 1 saturated heterocycles. The minimum absolute atomic E-state index is 0.235. The maximum atomic E-state index is 5.84. The van der Waals surface area contributed by atoms with Gasteiger partial charge in [-0.2, -0.15) is 0 Å². The van der Waals surface area contributed by atoms with Crippen molar-refractivity contribution in [2.45, 2.75) is 59.0 Å². The van der Waals surface area contributed by atoms with Crippen LogP contribution in [0.5, 0.6) is 0 Å². The van der Waals surface area contributed by atoms with Gasteiger partial charge in [0, 0.05) is 18.6 Å². The monoisotopic (exact) mass is 255 g/mol. The van der Waals surface area contributed by atoms with Crippen LogP contribution >= 0.6 is 0 Å². The highest BCUT2D eigenvalue weighted by molar-refractivity contribution is 4.81. The Kier molecular flexibility index (Phi) is 6.09. The Balaban J connectivity index is 2.47. The normalized spacial score (nSPS) is 23.7. The number of hydrogen-bond acceptors (Lipinski definition) is 3. The minimum Gasteiger partial charge on any atom is -0.330 e. The van der Waals surface area contributed by atoms with Crippen LogP contribution in [0.2, 0.25) is 0 Å². The largest absolute Gasteiger partial charge is 0.330 e. The molecule has 3 nitrogen and oxygen atoms in total. The highest BCUT2D eigenvalue weighted by atomic mass is 15.2. The molecule has 0 aromatic carbocycles. The zero-order chi connectivity index (χ0) is 13.8. The third-order valence-corrected chi connectivity index (χ3v) is 4.32. The lowest BCUT2D eigenvalue weighted by atomic mass is 9.92. The van der Waals surface area contributed by atoms with Crippen LogP contribution in [0.15, 0.2) is 0 Å². The third-order valence-electron chi connectivity index (χ3n) is 4.32. The summed E-state index contributed by atoms with van der Waals surface area (Å²) in [4.78, 5) is 5.15. The zero-order valence-corrected chi connectivity index (χ0v) is 13.1. The first-order valence-corrected chi connectivity index (χ1v) is 7.50. The second kappa shape index (κ2) is 6.88. The molecule has 0 radical (unpaired) electrons. The van der Waals surface area contributed by atoms with E-state index in [1.807, 2.05) is 0 Å². The fourth-order valence-electron chi connectivity index (χ4n) is 2.93. The molecule has 1 atom stereocenters. The van der Waals surface area contributed by atoms with Crippen LogP contribution in [0.4, 0.5) is 0 Å². The molecule has 0 spiro atoms. The fraction of sp³-hybridized carbons (Fsp3) is 1.00. The molecule has 0 amide bonds. The summed E-state index contributed by atoms with van der Waals surface area (Å²) in [5.41, 5.74) is 6.08. The van der Waals surface area contributed by atoms with Crippen LogP contribution in [0.25, 0.3) is 0 Å². The molecule has 18 heavy (non-hydrogen) atoms. The quantitative estimate of drug-likeness (QED) is 0.817. The summed E-state index contributed by atoms with van der Waals surface area (Å²) in [6, 6.07) is 1.43. The van der Waals surface area contributed by atoms with E-state index in [9.17, 15) is 0 Å². The van der Waals surface area contributed by atoms with Gasteiger partial charge >= 0.3 is 0 Å². The molecule has 1 fully saturated rings. The van der Waals surface area contributed by atoms with Crippen molar-refractivity contribution in [3.8, 4) is 0 Å². The van der Waals surface area contributed by atoms with E-state index in [0.717, 1.165) is 19.1 Å². The second-order valence-corrected chi connectivity index (χ2v) is 7.00. The summed E-state index contributed by atoms with van der Waals surface area (Å²) in [7, 11) is 2.27. The molecule has 2 N–H and O–H groups in total. The molecule has 3 heteroatoms. The van der Waals surface area contributed by atoms with Crippen molar-refractivity contribution in [2.24, 2.45) is 11.1 Å². The summed E-state index contributed by atoms with van der Waals surface area (Å²) in [6.07, 6.45) is 3.96. The van der Waals surface area contributed by atoms with E-state index in [4.69, 9.17) is 5.73 Å². The Hall–Kier alpha value is -0.120. The van der Waals surface area contributed by atoms with Gasteiger partial charge in [0.25, 0.3) is 0 Å². The molecule has 0 aromatic heterocycles. The predicted octanol–water partition coefficient (Wildman–Crippen LogP) is 2.17. The van der Waals surface area contributed by atoms with Crippen molar-refractivity contribution < 1.29 is 0 Å². The van der Waals surface area contributed by atoms with Crippen LogP contribution in [0.1, 0.15) is 47.0 Å². The SMILES string of the molecule is CC(C)N1CCCC(N(C)CC(C)(C)CN)CC1. The predicted molar refractivity (Wildman–Crippen MR) is 79.8 cm³/mol. The molecular formula is C15H33N3. The molecule has 0 bridgehead atoms. The maximum absolute atomic E-state index is 5.84. The first kappa shape index (κ1) is 15.9. The summed E-state index contributed by atoms with van der Waals surface area (Å²) in [6.45, 7) is 13.5. The van der Waals surface area contributed by atoms with Crippen LogP contribution in [0.3, 0.4) is 0 Å². The second-order valence-electron chi connectivity index (χ2n) is 7.00. The van der Waals surface area contributed by atoms with Crippen molar-refractivity contribution in [2.75, 3.05) is 33.2 Å². The maximum Gasteiger partial charge on any atom is 0.0105 e. The standard InChI is InChI=1S/C15H33N3/c1-13(2)18-9-6-7-14(8-10-18)17(5)12-15(3,4)11-16/h13-14H,6-12,16H2,1-5H3. The first-order chi connectivity index (χ1) is 8.35. The van der Waals surface area contributed by atoms with Gasteiger partial charge in [0.05, 0.1) is 0 Å². The van der Waals surface area contributed by atoms with E-state index in [2.05, 4.69) is 44.5 Å². The van der Waals surface area contributed by atoms with Gasteiger partial charge in [0.1, 0.15) is 0 Å². The average molecular weight is 255 g/mol. The number of likely N-dealkylation sites (tertiary alicyclic amines) is 1. The van der Waals surface area contributed by atoms with Crippen LogP contribution in [0, 0.1) is 5.41 Å². The summed E-state index contributed by atoms with van der Waals surface area (Å²) in [5, 5.41) is 0. The molecule has 108 valence electrons. The Morgan fingerprint density at radius 3 is 2.50 bits per heavy atom. The van der Waals surface area contributed by atoms with Crippen molar-refractivity contribution >= 4 is 0 Å². The number of hydrogen-bond donors (Lipinski definition) is 1. The first-order valence-electron chi connectivity index (χ1n) is 7.50. The van der Waals surface area contributed by atoms with Crippen molar-refractivity contribution in [3.63, 3.8) is 0 Å². The zero-order valence-electron chi connectivity index (χ0n) is 13.1. The summed E-state index contributed by atoms with van der Waals surface area (Å²) >= 11 is 0. The third kappa shape index (κ3) is 4.87. The highest BCUT2D eigenvalue weighted by Crippen LogP contribution is 2.21. The molecule has 1 aliphatic heterocycles. The Labute approximate surface area is 114 Å². The number of nitrogens with two attached hydrogens (primary N) is 1. The lowest BCUT2D eigenvalue weighted by Crippen LogP contribution is -2.42. The van der Waals surface area contributed by atoms with E-state index in [0.29, 0.717) is 6.04 Å². The minimum atomic E-state index is 0.235. The van der Waals surface area contributed by atoms with E-state index < -0.39 is 0 Å². The van der Waals surface area contributed by atoms with E-state index >= 15 is 0 Å². The van der Waals surface area contributed by atoms with E-state index in [1.165, 1.54) is 32.4 Å². The van der Waals surface area contributed by atoms with Crippen molar-refractivity contribution in [3.05, 3.63) is 0 Å². The van der Waals surface area contributed by atoms with Crippen molar-refractivity contribution in [1.29, 1.82) is 0 Å². The average Bonchev–Trinajstić information content (AvgIpc) is 2.53. The van der Waals surface area contributed by atoms with Gasteiger partial charge in [-0.1, -0.05) is 13.8 Å². The van der Waals surface area contributed by atoms with Gasteiger partial charge < -0.3 is 15.5 Å². The molecule has 1 aliphatic rings. The van der Waals surface area contributed by atoms with Gasteiger partial charge in [-0.15, -0.1) is 0 Å². The Morgan fingerprint density at radius 1 is 1.28 bits per heavy atom. The van der Waals surface area contributed by atoms with Gasteiger partial charge in [0.15, 0.2) is 0 Å². The summed E-state index contributed by atoms with van der Waals surface area (Å²) < 4.78 is 0. The molecule has 0 aromatic rings. The molecule has 0 saturated carbocycles. The van der Waals surface area contributed by atoms with Gasteiger partial charge in [-0.05, 0) is 65.2 Å². The molecule has 1 unspecified atom stereocenters. The molecule has 1 rings (SSSR count). The highest BCUT2D eigenvalue weighted by Gasteiger charge is 2.25. The van der Waals surface area contributed by atoms with E-state index in [1.54, 1.807) is 0 Å². The topological polar surface area (TPSA) is 32.5 Å². The van der Waals surface area contributed by atoms with Gasteiger partial charge in [-0.3, -0.25) is 0 Å². The van der Waals surface area contributed by atoms with Crippen LogP contribution in [-0.4, -0.2) is 55.1 Å². The van der Waals surface area contributed by atoms with Crippen LogP contribution < -0.4 is 5.73 Å². The van der Waals surface area contributed by atoms with Gasteiger partial charge in [0.2, 0.25) is 0 Å². The summed E-state index contributed by atoms with van der Waals surface area (Å²) in [5.74, 6) is 0. The lowest BCUT2D eigenvalue weighted by molar-refractivity contribution is 0.149. The smallest absolute Gasteiger partial charge is 0.0105 e. The lowest BCUT2D eigenvalue weighted by Gasteiger charge is -2.34. The Bertz CT molecular complexity index is 238. The molecule has 0 aliphatic carbocycles. The van der Waals surface area contributed by atoms with E-state index in [-0.39, 0.29) is 5.41 Å².